The van der Waals surface area contributed by atoms with Crippen molar-refractivity contribution in [2.75, 3.05) is 0 Å². The first-order valence-corrected chi connectivity index (χ1v) is 6.25. The lowest BCUT2D eigenvalue weighted by Crippen LogP contribution is -2.51. The maximum absolute atomic E-state index is 6.07. The van der Waals surface area contributed by atoms with Crippen LogP contribution in [0.1, 0.15) is 52.4 Å². The number of nitrogens with two attached hydrogens (primary N) is 1. The van der Waals surface area contributed by atoms with Crippen LogP contribution in [0, 0.1) is 0 Å². The van der Waals surface area contributed by atoms with E-state index in [1.54, 1.807) is 0 Å². The Bertz CT molecular complexity index is 179. The van der Waals surface area contributed by atoms with Crippen LogP contribution in [-0.4, -0.2) is 29.1 Å². The molecule has 2 N–H and O–H groups in total. The zero-order valence-corrected chi connectivity index (χ0v) is 9.58. The van der Waals surface area contributed by atoms with Gasteiger partial charge < -0.3 is 5.73 Å². The highest BCUT2D eigenvalue weighted by Gasteiger charge is 2.41. The van der Waals surface area contributed by atoms with Gasteiger partial charge in [-0.15, -0.1) is 0 Å². The maximum atomic E-state index is 6.07. The molecule has 0 aromatic carbocycles. The van der Waals surface area contributed by atoms with Gasteiger partial charge in [0.05, 0.1) is 0 Å². The van der Waals surface area contributed by atoms with Crippen molar-refractivity contribution in [2.24, 2.45) is 5.73 Å². The Balaban J connectivity index is 1.99. The lowest BCUT2D eigenvalue weighted by atomic mass is 9.95. The summed E-state index contributed by atoms with van der Waals surface area (Å²) in [6, 6.07) is 2.89. The van der Waals surface area contributed by atoms with Crippen molar-refractivity contribution in [3.8, 4) is 0 Å². The zero-order chi connectivity index (χ0) is 10.1. The molecule has 2 unspecified atom stereocenters. The van der Waals surface area contributed by atoms with E-state index in [4.69, 9.17) is 5.73 Å². The molecule has 0 spiro atoms. The van der Waals surface area contributed by atoms with E-state index in [0.29, 0.717) is 6.04 Å². The van der Waals surface area contributed by atoms with Gasteiger partial charge in [-0.2, -0.15) is 0 Å². The zero-order valence-electron chi connectivity index (χ0n) is 9.58. The van der Waals surface area contributed by atoms with Crippen LogP contribution in [0.2, 0.25) is 0 Å². The van der Waals surface area contributed by atoms with Gasteiger partial charge in [-0.25, -0.2) is 0 Å². The molecule has 2 heterocycles. The summed E-state index contributed by atoms with van der Waals surface area (Å²) < 4.78 is 0. The fourth-order valence-corrected chi connectivity index (χ4v) is 3.54. The maximum Gasteiger partial charge on any atom is 0.0116 e. The summed E-state index contributed by atoms with van der Waals surface area (Å²) in [5.41, 5.74) is 6.07. The van der Waals surface area contributed by atoms with Crippen molar-refractivity contribution < 1.29 is 0 Å². The van der Waals surface area contributed by atoms with Gasteiger partial charge in [-0.3, -0.25) is 4.90 Å². The quantitative estimate of drug-likeness (QED) is 0.749. The Morgan fingerprint density at radius 3 is 2.36 bits per heavy atom. The van der Waals surface area contributed by atoms with Gasteiger partial charge in [0, 0.05) is 24.2 Å². The van der Waals surface area contributed by atoms with Crippen molar-refractivity contribution >= 4 is 0 Å². The summed E-state index contributed by atoms with van der Waals surface area (Å²) in [4.78, 5) is 2.77. The van der Waals surface area contributed by atoms with E-state index in [1.807, 2.05) is 0 Å². The minimum Gasteiger partial charge on any atom is -0.328 e. The minimum atomic E-state index is 0.484. The molecule has 82 valence electrons. The fourth-order valence-electron chi connectivity index (χ4n) is 3.54. The van der Waals surface area contributed by atoms with Crippen LogP contribution in [-0.2, 0) is 0 Å². The SMILES string of the molecule is CCCC(C)N1[C@@H]2CC[C@H]1CC(N)C2. The Morgan fingerprint density at radius 1 is 1.29 bits per heavy atom. The summed E-state index contributed by atoms with van der Waals surface area (Å²) in [5.74, 6) is 0. The van der Waals surface area contributed by atoms with E-state index >= 15 is 0 Å². The Labute approximate surface area is 87.8 Å². The number of hydrogen-bond acceptors (Lipinski definition) is 2. The third-order valence-electron chi connectivity index (χ3n) is 4.04. The van der Waals surface area contributed by atoms with Crippen molar-refractivity contribution in [1.82, 2.24) is 4.90 Å². The number of hydrogen-bond donors (Lipinski definition) is 1. The van der Waals surface area contributed by atoms with Crippen LogP contribution in [0.5, 0.6) is 0 Å². The van der Waals surface area contributed by atoms with Crippen LogP contribution in [0.25, 0.3) is 0 Å². The molecule has 0 aromatic rings. The molecule has 4 atom stereocenters. The predicted octanol–water partition coefficient (Wildman–Crippen LogP) is 2.13. The molecule has 2 nitrogen and oxygen atoms in total. The van der Waals surface area contributed by atoms with Crippen molar-refractivity contribution in [3.63, 3.8) is 0 Å². The molecule has 2 fully saturated rings. The van der Waals surface area contributed by atoms with E-state index in [1.165, 1.54) is 38.5 Å². The van der Waals surface area contributed by atoms with E-state index in [-0.39, 0.29) is 0 Å². The van der Waals surface area contributed by atoms with Crippen LogP contribution in [0.15, 0.2) is 0 Å². The number of fused-ring (bicyclic) bond motifs is 2. The summed E-state index contributed by atoms with van der Waals surface area (Å²) in [6.45, 7) is 4.68. The molecule has 2 rings (SSSR count). The molecule has 2 bridgehead atoms. The van der Waals surface area contributed by atoms with Crippen molar-refractivity contribution in [3.05, 3.63) is 0 Å². The largest absolute Gasteiger partial charge is 0.328 e. The second-order valence-electron chi connectivity index (χ2n) is 5.20. The fraction of sp³-hybridized carbons (Fsp3) is 1.00. The second kappa shape index (κ2) is 4.19. The van der Waals surface area contributed by atoms with E-state index < -0.39 is 0 Å². The first-order chi connectivity index (χ1) is 6.72. The molecule has 2 aliphatic rings. The van der Waals surface area contributed by atoms with E-state index in [9.17, 15) is 0 Å². The Morgan fingerprint density at radius 2 is 1.86 bits per heavy atom. The third kappa shape index (κ3) is 1.82. The molecule has 14 heavy (non-hydrogen) atoms. The molecule has 2 aliphatic heterocycles. The lowest BCUT2D eigenvalue weighted by molar-refractivity contribution is 0.0809. The van der Waals surface area contributed by atoms with Gasteiger partial charge in [0.15, 0.2) is 0 Å². The summed E-state index contributed by atoms with van der Waals surface area (Å²) in [7, 11) is 0. The summed E-state index contributed by atoms with van der Waals surface area (Å²) in [6.07, 6.45) is 7.93. The third-order valence-corrected chi connectivity index (χ3v) is 4.04. The number of rotatable bonds is 3. The van der Waals surface area contributed by atoms with Crippen LogP contribution >= 0.6 is 0 Å². The molecule has 0 amide bonds. The predicted molar refractivity (Wildman–Crippen MR) is 60.2 cm³/mol. The monoisotopic (exact) mass is 196 g/mol. The number of piperidine rings is 1. The van der Waals surface area contributed by atoms with Gasteiger partial charge in [-0.05, 0) is 39.0 Å². The Kier molecular flexibility index (Phi) is 3.13. The van der Waals surface area contributed by atoms with Crippen LogP contribution in [0.3, 0.4) is 0 Å². The van der Waals surface area contributed by atoms with Crippen molar-refractivity contribution in [2.45, 2.75) is 76.5 Å². The van der Waals surface area contributed by atoms with E-state index in [2.05, 4.69) is 18.7 Å². The highest BCUT2D eigenvalue weighted by Crippen LogP contribution is 2.37. The molecule has 2 heteroatoms. The number of nitrogens with zero attached hydrogens (tertiary/aromatic N) is 1. The molecular formula is C12H24N2. The van der Waals surface area contributed by atoms with Gasteiger partial charge in [-0.1, -0.05) is 13.3 Å². The summed E-state index contributed by atoms with van der Waals surface area (Å²) in [5, 5.41) is 0. The molecule has 0 saturated carbocycles. The lowest BCUT2D eigenvalue weighted by Gasteiger charge is -2.41. The van der Waals surface area contributed by atoms with Crippen LogP contribution in [0.4, 0.5) is 0 Å². The average Bonchev–Trinajstić information content (AvgIpc) is 2.39. The summed E-state index contributed by atoms with van der Waals surface area (Å²) >= 11 is 0. The van der Waals surface area contributed by atoms with Gasteiger partial charge >= 0.3 is 0 Å². The standard InChI is InChI=1S/C12H24N2/c1-3-4-9(2)14-11-5-6-12(14)8-10(13)7-11/h9-12H,3-8,13H2,1-2H3/t9?,10?,11-,12+. The normalized spacial score (nSPS) is 40.1. The average molecular weight is 196 g/mol. The highest BCUT2D eigenvalue weighted by molar-refractivity contribution is 4.98. The first-order valence-electron chi connectivity index (χ1n) is 6.25. The van der Waals surface area contributed by atoms with Crippen molar-refractivity contribution in [1.29, 1.82) is 0 Å². The highest BCUT2D eigenvalue weighted by atomic mass is 15.2. The minimum absolute atomic E-state index is 0.484. The van der Waals surface area contributed by atoms with Crippen LogP contribution < -0.4 is 5.73 Å². The first kappa shape index (κ1) is 10.4. The molecule has 0 radical (unpaired) electrons. The topological polar surface area (TPSA) is 29.3 Å². The molecule has 0 aromatic heterocycles. The molecular weight excluding hydrogens is 172 g/mol. The molecule has 0 aliphatic carbocycles. The molecule has 2 saturated heterocycles. The van der Waals surface area contributed by atoms with Gasteiger partial charge in [0.25, 0.3) is 0 Å². The smallest absolute Gasteiger partial charge is 0.0116 e. The van der Waals surface area contributed by atoms with Gasteiger partial charge in [0.1, 0.15) is 0 Å². The van der Waals surface area contributed by atoms with Gasteiger partial charge in [0.2, 0.25) is 0 Å². The second-order valence-corrected chi connectivity index (χ2v) is 5.20. The van der Waals surface area contributed by atoms with E-state index in [0.717, 1.165) is 18.1 Å². The Hall–Kier alpha value is -0.0800.